The third-order valence-corrected chi connectivity index (χ3v) is 2.17. The van der Waals surface area contributed by atoms with Gasteiger partial charge in [0.05, 0.1) is 5.75 Å². The summed E-state index contributed by atoms with van der Waals surface area (Å²) in [4.78, 5) is 0. The Morgan fingerprint density at radius 2 is 2.10 bits per heavy atom. The quantitative estimate of drug-likeness (QED) is 0.597. The molecular formula is C5H13NO3S. The van der Waals surface area contributed by atoms with Gasteiger partial charge < -0.3 is 0 Å². The van der Waals surface area contributed by atoms with Crippen molar-refractivity contribution in [2.45, 2.75) is 19.8 Å². The summed E-state index contributed by atoms with van der Waals surface area (Å²) in [5.74, 6) is 0.0876. The Morgan fingerprint density at radius 1 is 1.50 bits per heavy atom. The van der Waals surface area contributed by atoms with Crippen molar-refractivity contribution in [2.75, 3.05) is 12.8 Å². The van der Waals surface area contributed by atoms with Gasteiger partial charge in [-0.25, -0.2) is 0 Å². The van der Waals surface area contributed by atoms with E-state index in [1.54, 1.807) is 0 Å². The van der Waals surface area contributed by atoms with E-state index in [9.17, 15) is 8.42 Å². The topological polar surface area (TPSA) is 55.4 Å². The van der Waals surface area contributed by atoms with Gasteiger partial charge in [0.2, 0.25) is 0 Å². The average Bonchev–Trinajstić information content (AvgIpc) is 1.84. The van der Waals surface area contributed by atoms with Crippen LogP contribution in [0.2, 0.25) is 0 Å². The second-order valence-electron chi connectivity index (χ2n) is 1.90. The molecule has 0 amide bonds. The number of nitrogens with one attached hydrogen (secondary N) is 1. The highest BCUT2D eigenvalue weighted by Crippen LogP contribution is 1.95. The Hall–Kier alpha value is -0.130. The molecule has 4 nitrogen and oxygen atoms in total. The lowest BCUT2D eigenvalue weighted by Gasteiger charge is -2.00. The van der Waals surface area contributed by atoms with Crippen molar-refractivity contribution in [1.82, 2.24) is 5.48 Å². The monoisotopic (exact) mass is 167 g/mol. The van der Waals surface area contributed by atoms with Gasteiger partial charge in [-0.1, -0.05) is 13.3 Å². The highest BCUT2D eigenvalue weighted by molar-refractivity contribution is 7.86. The molecule has 5 heteroatoms. The van der Waals surface area contributed by atoms with Crippen molar-refractivity contribution in [3.05, 3.63) is 0 Å². The van der Waals surface area contributed by atoms with E-state index in [0.717, 1.165) is 6.42 Å². The molecule has 0 aromatic heterocycles. The smallest absolute Gasteiger partial charge is 0.198 e. The summed E-state index contributed by atoms with van der Waals surface area (Å²) in [6.07, 6.45) is 1.50. The Kier molecular flexibility index (Phi) is 4.59. The van der Waals surface area contributed by atoms with Crippen LogP contribution < -0.4 is 5.48 Å². The Morgan fingerprint density at radius 3 is 2.50 bits per heavy atom. The zero-order valence-corrected chi connectivity index (χ0v) is 7.07. The lowest BCUT2D eigenvalue weighted by Crippen LogP contribution is -2.18. The van der Waals surface area contributed by atoms with Crippen LogP contribution in [-0.4, -0.2) is 21.2 Å². The molecule has 0 unspecified atom stereocenters. The summed E-state index contributed by atoms with van der Waals surface area (Å²) in [5, 5.41) is 0. The second kappa shape index (κ2) is 4.65. The molecule has 0 aromatic rings. The zero-order valence-electron chi connectivity index (χ0n) is 6.25. The Labute approximate surface area is 61.7 Å². The maximum absolute atomic E-state index is 10.7. The van der Waals surface area contributed by atoms with Gasteiger partial charge in [-0.15, -0.1) is 0 Å². The largest absolute Gasteiger partial charge is 0.283 e. The van der Waals surface area contributed by atoms with Crippen molar-refractivity contribution in [2.24, 2.45) is 0 Å². The standard InChI is InChI=1S/C5H13NO3S/c1-3-4-5-10(7,8)9-6-2/h6H,3-5H2,1-2H3. The fourth-order valence-corrected chi connectivity index (χ4v) is 1.47. The maximum atomic E-state index is 10.7. The van der Waals surface area contributed by atoms with Crippen LogP contribution in [0.1, 0.15) is 19.8 Å². The lowest BCUT2D eigenvalue weighted by atomic mass is 10.4. The molecule has 0 aromatic carbocycles. The molecule has 0 fully saturated rings. The number of rotatable bonds is 5. The molecule has 0 heterocycles. The van der Waals surface area contributed by atoms with E-state index >= 15 is 0 Å². The third kappa shape index (κ3) is 4.72. The first kappa shape index (κ1) is 9.87. The van der Waals surface area contributed by atoms with E-state index in [2.05, 4.69) is 9.76 Å². The molecule has 0 aliphatic heterocycles. The first-order valence-electron chi connectivity index (χ1n) is 3.20. The first-order chi connectivity index (χ1) is 4.62. The number of unbranched alkanes of at least 4 members (excludes halogenated alkanes) is 1. The molecule has 0 bridgehead atoms. The van der Waals surface area contributed by atoms with Crippen LogP contribution in [0.3, 0.4) is 0 Å². The molecule has 1 N–H and O–H groups in total. The minimum Gasteiger partial charge on any atom is -0.198 e. The molecule has 0 spiro atoms. The summed E-state index contributed by atoms with van der Waals surface area (Å²) in [5.41, 5.74) is 2.13. The molecule has 0 rings (SSSR count). The highest BCUT2D eigenvalue weighted by Gasteiger charge is 2.07. The number of hydrogen-bond acceptors (Lipinski definition) is 4. The lowest BCUT2D eigenvalue weighted by molar-refractivity contribution is 0.231. The van der Waals surface area contributed by atoms with Gasteiger partial charge in [0, 0.05) is 7.05 Å². The van der Waals surface area contributed by atoms with Crippen LogP contribution in [0.5, 0.6) is 0 Å². The van der Waals surface area contributed by atoms with E-state index in [-0.39, 0.29) is 5.75 Å². The summed E-state index contributed by atoms with van der Waals surface area (Å²) < 4.78 is 25.7. The van der Waals surface area contributed by atoms with Crippen LogP contribution in [0, 0.1) is 0 Å². The van der Waals surface area contributed by atoms with Crippen molar-refractivity contribution < 1.29 is 12.7 Å². The predicted molar refractivity (Wildman–Crippen MR) is 38.8 cm³/mol. The molecular weight excluding hydrogens is 154 g/mol. The van der Waals surface area contributed by atoms with Crippen LogP contribution >= 0.6 is 0 Å². The van der Waals surface area contributed by atoms with Gasteiger partial charge in [-0.2, -0.15) is 18.2 Å². The first-order valence-corrected chi connectivity index (χ1v) is 4.78. The molecule has 0 atom stereocenters. The molecule has 0 aliphatic carbocycles. The number of hydrogen-bond donors (Lipinski definition) is 1. The summed E-state index contributed by atoms with van der Waals surface area (Å²) in [7, 11) is -1.88. The fourth-order valence-electron chi connectivity index (χ4n) is 0.490. The van der Waals surface area contributed by atoms with Crippen LogP contribution in [0.15, 0.2) is 0 Å². The molecule has 62 valence electrons. The van der Waals surface area contributed by atoms with Gasteiger partial charge in [-0.05, 0) is 6.42 Å². The minimum absolute atomic E-state index is 0.0876. The summed E-state index contributed by atoms with van der Waals surface area (Å²) in [6.45, 7) is 1.93. The van der Waals surface area contributed by atoms with Gasteiger partial charge in [0.15, 0.2) is 0 Å². The Bertz CT molecular complexity index is 164. The number of hydroxylamine groups is 1. The van der Waals surface area contributed by atoms with E-state index < -0.39 is 10.1 Å². The van der Waals surface area contributed by atoms with Gasteiger partial charge in [0.1, 0.15) is 0 Å². The summed E-state index contributed by atoms with van der Waals surface area (Å²) in [6, 6.07) is 0. The van der Waals surface area contributed by atoms with Gasteiger partial charge in [-0.3, -0.25) is 0 Å². The minimum atomic E-state index is -3.30. The second-order valence-corrected chi connectivity index (χ2v) is 3.59. The molecule has 0 radical (unpaired) electrons. The van der Waals surface area contributed by atoms with Crippen LogP contribution in [0.4, 0.5) is 0 Å². The zero-order chi connectivity index (χ0) is 8.04. The molecule has 0 saturated heterocycles. The molecule has 0 aliphatic rings. The van der Waals surface area contributed by atoms with Crippen molar-refractivity contribution >= 4 is 10.1 Å². The van der Waals surface area contributed by atoms with Gasteiger partial charge >= 0.3 is 0 Å². The van der Waals surface area contributed by atoms with E-state index in [4.69, 9.17) is 0 Å². The van der Waals surface area contributed by atoms with Crippen molar-refractivity contribution in [3.8, 4) is 0 Å². The average molecular weight is 167 g/mol. The fraction of sp³-hybridized carbons (Fsp3) is 1.00. The predicted octanol–water partition coefficient (Wildman–Crippen LogP) is 0.267. The molecule has 0 saturated carbocycles. The van der Waals surface area contributed by atoms with Crippen molar-refractivity contribution in [1.29, 1.82) is 0 Å². The molecule has 10 heavy (non-hydrogen) atoms. The summed E-state index contributed by atoms with van der Waals surface area (Å²) >= 11 is 0. The SMILES string of the molecule is CCCCS(=O)(=O)ONC. The van der Waals surface area contributed by atoms with E-state index in [0.29, 0.717) is 6.42 Å². The van der Waals surface area contributed by atoms with Crippen LogP contribution in [-0.2, 0) is 14.4 Å². The normalized spacial score (nSPS) is 11.8. The third-order valence-electron chi connectivity index (χ3n) is 0.958. The van der Waals surface area contributed by atoms with E-state index in [1.807, 2.05) is 6.92 Å². The maximum Gasteiger partial charge on any atom is 0.283 e. The van der Waals surface area contributed by atoms with Gasteiger partial charge in [0.25, 0.3) is 10.1 Å². The highest BCUT2D eigenvalue weighted by atomic mass is 32.2. The van der Waals surface area contributed by atoms with Crippen molar-refractivity contribution in [3.63, 3.8) is 0 Å². The Balaban J connectivity index is 3.65. The van der Waals surface area contributed by atoms with E-state index in [1.165, 1.54) is 7.05 Å². The van der Waals surface area contributed by atoms with Crippen LogP contribution in [0.25, 0.3) is 0 Å².